The third-order valence-electron chi connectivity index (χ3n) is 5.35. The summed E-state index contributed by atoms with van der Waals surface area (Å²) in [6.07, 6.45) is 0.480. The Balaban J connectivity index is 1.48. The van der Waals surface area contributed by atoms with Crippen molar-refractivity contribution in [3.05, 3.63) is 70.4 Å². The van der Waals surface area contributed by atoms with Crippen LogP contribution in [0.5, 0.6) is 0 Å². The number of H-pyrrole nitrogens is 1. The fourth-order valence-electron chi connectivity index (χ4n) is 3.70. The summed E-state index contributed by atoms with van der Waals surface area (Å²) in [6, 6.07) is 11.7. The van der Waals surface area contributed by atoms with Gasteiger partial charge in [0.15, 0.2) is 0 Å². The van der Waals surface area contributed by atoms with Crippen LogP contribution in [0.25, 0.3) is 10.8 Å². The molecule has 0 atom stereocenters. The number of sulfonamides is 1. The molecule has 1 saturated heterocycles. The third kappa shape index (κ3) is 4.35. The molecule has 162 valence electrons. The maximum Gasteiger partial charge on any atom is 0.272 e. The lowest BCUT2D eigenvalue weighted by molar-refractivity contribution is -0.130. The quantitative estimate of drug-likeness (QED) is 0.657. The first-order valence-electron chi connectivity index (χ1n) is 9.86. The SMILES string of the molecule is O=C(Cc1n[nH]c(=O)c2ccccc12)N1CCCN(S(=O)(=O)c2ccc(F)cc2)CC1. The van der Waals surface area contributed by atoms with E-state index < -0.39 is 15.8 Å². The molecule has 0 radical (unpaired) electrons. The van der Waals surface area contributed by atoms with E-state index in [0.29, 0.717) is 29.4 Å². The lowest BCUT2D eigenvalue weighted by Gasteiger charge is -2.22. The van der Waals surface area contributed by atoms with E-state index in [-0.39, 0.29) is 42.4 Å². The van der Waals surface area contributed by atoms with Gasteiger partial charge in [-0.1, -0.05) is 18.2 Å². The molecule has 2 heterocycles. The Morgan fingerprint density at radius 3 is 2.45 bits per heavy atom. The monoisotopic (exact) mass is 444 g/mol. The molecular formula is C21H21FN4O4S. The van der Waals surface area contributed by atoms with E-state index in [1.54, 1.807) is 29.2 Å². The van der Waals surface area contributed by atoms with Crippen molar-refractivity contribution < 1.29 is 17.6 Å². The lowest BCUT2D eigenvalue weighted by atomic mass is 10.1. The molecule has 1 aromatic heterocycles. The van der Waals surface area contributed by atoms with Crippen LogP contribution in [0.15, 0.2) is 58.2 Å². The molecule has 0 saturated carbocycles. The van der Waals surface area contributed by atoms with E-state index in [2.05, 4.69) is 10.2 Å². The largest absolute Gasteiger partial charge is 0.341 e. The average molecular weight is 444 g/mol. The second-order valence-electron chi connectivity index (χ2n) is 7.31. The van der Waals surface area contributed by atoms with Crippen LogP contribution < -0.4 is 5.56 Å². The molecule has 0 unspecified atom stereocenters. The van der Waals surface area contributed by atoms with Gasteiger partial charge in [-0.15, -0.1) is 0 Å². The fourth-order valence-corrected chi connectivity index (χ4v) is 5.17. The van der Waals surface area contributed by atoms with Gasteiger partial charge in [0.2, 0.25) is 15.9 Å². The Bertz CT molecular complexity index is 1270. The van der Waals surface area contributed by atoms with E-state index >= 15 is 0 Å². The topological polar surface area (TPSA) is 103 Å². The number of aromatic amines is 1. The van der Waals surface area contributed by atoms with E-state index in [0.717, 1.165) is 12.1 Å². The summed E-state index contributed by atoms with van der Waals surface area (Å²) >= 11 is 0. The number of amides is 1. The normalized spacial score (nSPS) is 15.7. The maximum atomic E-state index is 13.1. The molecular weight excluding hydrogens is 423 g/mol. The van der Waals surface area contributed by atoms with Crippen LogP contribution in [0.1, 0.15) is 12.1 Å². The van der Waals surface area contributed by atoms with Crippen molar-refractivity contribution in [1.29, 1.82) is 0 Å². The minimum Gasteiger partial charge on any atom is -0.341 e. The van der Waals surface area contributed by atoms with Crippen molar-refractivity contribution in [2.75, 3.05) is 26.2 Å². The van der Waals surface area contributed by atoms with Crippen molar-refractivity contribution in [2.45, 2.75) is 17.7 Å². The molecule has 2 aromatic carbocycles. The van der Waals surface area contributed by atoms with E-state index in [1.165, 1.54) is 16.4 Å². The average Bonchev–Trinajstić information content (AvgIpc) is 3.03. The standard InChI is InChI=1S/C21H21FN4O4S/c22-15-6-8-16(9-7-15)31(29,30)26-11-3-10-25(12-13-26)20(27)14-19-17-4-1-2-5-18(17)21(28)24-23-19/h1-2,4-9H,3,10-14H2,(H,24,28). The van der Waals surface area contributed by atoms with Crippen molar-refractivity contribution in [2.24, 2.45) is 0 Å². The fraction of sp³-hybridized carbons (Fsp3) is 0.286. The van der Waals surface area contributed by atoms with Crippen LogP contribution in [0, 0.1) is 5.82 Å². The highest BCUT2D eigenvalue weighted by Gasteiger charge is 2.28. The molecule has 4 rings (SSSR count). The number of carbonyl (C=O) groups excluding carboxylic acids is 1. The van der Waals surface area contributed by atoms with E-state index in [4.69, 9.17) is 0 Å². The molecule has 0 aliphatic carbocycles. The molecule has 10 heteroatoms. The van der Waals surface area contributed by atoms with Crippen LogP contribution in [-0.4, -0.2) is 59.9 Å². The zero-order chi connectivity index (χ0) is 22.0. The van der Waals surface area contributed by atoms with Gasteiger partial charge in [0.1, 0.15) is 5.82 Å². The van der Waals surface area contributed by atoms with Crippen LogP contribution in [-0.2, 0) is 21.2 Å². The highest BCUT2D eigenvalue weighted by atomic mass is 32.2. The Kier molecular flexibility index (Phi) is 5.84. The molecule has 8 nitrogen and oxygen atoms in total. The van der Waals surface area contributed by atoms with Gasteiger partial charge in [-0.25, -0.2) is 17.9 Å². The summed E-state index contributed by atoms with van der Waals surface area (Å²) in [7, 11) is -3.77. The van der Waals surface area contributed by atoms with E-state index in [1.807, 2.05) is 0 Å². The summed E-state index contributed by atoms with van der Waals surface area (Å²) in [5.41, 5.74) is 0.156. The summed E-state index contributed by atoms with van der Waals surface area (Å²) in [5, 5.41) is 7.55. The molecule has 1 aliphatic heterocycles. The summed E-state index contributed by atoms with van der Waals surface area (Å²) in [6.45, 7) is 1.06. The molecule has 31 heavy (non-hydrogen) atoms. The Hall–Kier alpha value is -3.11. The van der Waals surface area contributed by atoms with Gasteiger partial charge < -0.3 is 4.90 Å². The second kappa shape index (κ2) is 8.56. The number of aromatic nitrogens is 2. The predicted octanol–water partition coefficient (Wildman–Crippen LogP) is 1.53. The smallest absolute Gasteiger partial charge is 0.272 e. The van der Waals surface area contributed by atoms with Crippen LogP contribution >= 0.6 is 0 Å². The maximum absolute atomic E-state index is 13.1. The van der Waals surface area contributed by atoms with Crippen LogP contribution in [0.3, 0.4) is 0 Å². The van der Waals surface area contributed by atoms with Crippen molar-refractivity contribution in [3.63, 3.8) is 0 Å². The molecule has 0 spiro atoms. The zero-order valence-corrected chi connectivity index (χ0v) is 17.4. The first-order valence-corrected chi connectivity index (χ1v) is 11.3. The third-order valence-corrected chi connectivity index (χ3v) is 7.27. The van der Waals surface area contributed by atoms with Crippen LogP contribution in [0.4, 0.5) is 4.39 Å². The van der Waals surface area contributed by atoms with Crippen molar-refractivity contribution in [3.8, 4) is 0 Å². The van der Waals surface area contributed by atoms with Gasteiger partial charge >= 0.3 is 0 Å². The highest BCUT2D eigenvalue weighted by molar-refractivity contribution is 7.89. The minimum atomic E-state index is -3.77. The van der Waals surface area contributed by atoms with Crippen molar-refractivity contribution >= 4 is 26.7 Å². The van der Waals surface area contributed by atoms with Gasteiger partial charge in [-0.3, -0.25) is 9.59 Å². The summed E-state index contributed by atoms with van der Waals surface area (Å²) in [4.78, 5) is 26.5. The molecule has 1 amide bonds. The molecule has 1 aliphatic rings. The molecule has 1 N–H and O–H groups in total. The Morgan fingerprint density at radius 1 is 1.00 bits per heavy atom. The van der Waals surface area contributed by atoms with Gasteiger partial charge in [-0.05, 0) is 36.8 Å². The minimum absolute atomic E-state index is 0.00199. The number of nitrogens with one attached hydrogen (secondary N) is 1. The number of fused-ring (bicyclic) bond motifs is 1. The number of hydrogen-bond donors (Lipinski definition) is 1. The number of nitrogens with zero attached hydrogens (tertiary/aromatic N) is 3. The summed E-state index contributed by atoms with van der Waals surface area (Å²) < 4.78 is 40.2. The number of carbonyl (C=O) groups is 1. The highest BCUT2D eigenvalue weighted by Crippen LogP contribution is 2.19. The van der Waals surface area contributed by atoms with Gasteiger partial charge in [-0.2, -0.15) is 9.40 Å². The second-order valence-corrected chi connectivity index (χ2v) is 9.25. The van der Waals surface area contributed by atoms with Crippen molar-refractivity contribution in [1.82, 2.24) is 19.4 Å². The first-order chi connectivity index (χ1) is 14.9. The Morgan fingerprint density at radius 2 is 1.71 bits per heavy atom. The zero-order valence-electron chi connectivity index (χ0n) is 16.6. The van der Waals surface area contributed by atoms with Crippen LogP contribution in [0.2, 0.25) is 0 Å². The molecule has 1 fully saturated rings. The summed E-state index contributed by atoms with van der Waals surface area (Å²) in [5.74, 6) is -0.694. The number of halogens is 1. The number of benzene rings is 2. The first kappa shape index (κ1) is 21.1. The molecule has 3 aromatic rings. The Labute approximate surface area is 178 Å². The number of hydrogen-bond acceptors (Lipinski definition) is 5. The lowest BCUT2D eigenvalue weighted by Crippen LogP contribution is -2.38. The number of rotatable bonds is 4. The van der Waals surface area contributed by atoms with Gasteiger partial charge in [0.05, 0.1) is 22.4 Å². The molecule has 0 bridgehead atoms. The predicted molar refractivity (Wildman–Crippen MR) is 112 cm³/mol. The van der Waals surface area contributed by atoms with Gasteiger partial charge in [0.25, 0.3) is 5.56 Å². The van der Waals surface area contributed by atoms with E-state index in [9.17, 15) is 22.4 Å². The van der Waals surface area contributed by atoms with Gasteiger partial charge in [0, 0.05) is 31.6 Å².